The van der Waals surface area contributed by atoms with Crippen molar-refractivity contribution in [3.63, 3.8) is 0 Å². The van der Waals surface area contributed by atoms with Gasteiger partial charge in [-0.05, 0) is 37.6 Å². The van der Waals surface area contributed by atoms with Gasteiger partial charge < -0.3 is 10.6 Å². The lowest BCUT2D eigenvalue weighted by Crippen LogP contribution is -2.37. The number of rotatable bonds is 4. The van der Waals surface area contributed by atoms with Crippen LogP contribution in [0.2, 0.25) is 0 Å². The van der Waals surface area contributed by atoms with Crippen LogP contribution in [0, 0.1) is 5.92 Å². The molecule has 0 spiro atoms. The molecule has 1 aliphatic rings. The van der Waals surface area contributed by atoms with E-state index in [1.165, 1.54) is 6.07 Å². The third kappa shape index (κ3) is 4.48. The van der Waals surface area contributed by atoms with Crippen LogP contribution in [0.3, 0.4) is 0 Å². The van der Waals surface area contributed by atoms with E-state index in [4.69, 9.17) is 5.14 Å². The predicted octanol–water partition coefficient (Wildman–Crippen LogP) is 0.240. The number of hydrogen-bond donors (Lipinski definition) is 4. The van der Waals surface area contributed by atoms with E-state index >= 15 is 0 Å². The largest absolute Gasteiger partial charge is 0.326 e. The second kappa shape index (κ2) is 6.21. The van der Waals surface area contributed by atoms with E-state index in [2.05, 4.69) is 15.4 Å². The first-order valence-electron chi connectivity index (χ1n) is 6.36. The molecule has 1 amide bonds. The Morgan fingerprint density at radius 1 is 1.35 bits per heavy atom. The van der Waals surface area contributed by atoms with Crippen molar-refractivity contribution >= 4 is 27.5 Å². The third-order valence-corrected chi connectivity index (χ3v) is 3.58. The molecule has 0 aliphatic carbocycles. The molecule has 0 saturated carbocycles. The van der Waals surface area contributed by atoms with Crippen LogP contribution >= 0.6 is 0 Å². The summed E-state index contributed by atoms with van der Waals surface area (Å²) in [6, 6.07) is 6.42. The van der Waals surface area contributed by atoms with Gasteiger partial charge in [-0.3, -0.25) is 9.52 Å². The number of benzene rings is 1. The predicted molar refractivity (Wildman–Crippen MR) is 77.4 cm³/mol. The smallest absolute Gasteiger partial charge is 0.296 e. The normalized spacial score (nSPS) is 19.4. The Bertz CT molecular complexity index is 582. The highest BCUT2D eigenvalue weighted by Crippen LogP contribution is 2.18. The molecule has 0 radical (unpaired) electrons. The fourth-order valence-electron chi connectivity index (χ4n) is 2.14. The first-order valence-corrected chi connectivity index (χ1v) is 7.91. The Kier molecular flexibility index (Phi) is 4.58. The quantitative estimate of drug-likeness (QED) is 0.637. The fraction of sp³-hybridized carbons (Fsp3) is 0.417. The van der Waals surface area contributed by atoms with Crippen molar-refractivity contribution in [1.29, 1.82) is 0 Å². The Morgan fingerprint density at radius 2 is 2.10 bits per heavy atom. The van der Waals surface area contributed by atoms with Gasteiger partial charge in [-0.25, -0.2) is 5.14 Å². The van der Waals surface area contributed by atoms with Gasteiger partial charge in [-0.2, -0.15) is 8.42 Å². The van der Waals surface area contributed by atoms with Gasteiger partial charge in [0.1, 0.15) is 0 Å². The summed E-state index contributed by atoms with van der Waals surface area (Å²) in [5.41, 5.74) is 0.848. The molecule has 0 bridgehead atoms. The van der Waals surface area contributed by atoms with Crippen LogP contribution in [0.4, 0.5) is 11.4 Å². The number of carbonyl (C=O) groups excluding carboxylic acids is 1. The van der Waals surface area contributed by atoms with Gasteiger partial charge in [0.05, 0.1) is 11.6 Å². The minimum absolute atomic E-state index is 0.0568. The van der Waals surface area contributed by atoms with Crippen molar-refractivity contribution in [1.82, 2.24) is 5.32 Å². The van der Waals surface area contributed by atoms with Gasteiger partial charge in [0.15, 0.2) is 0 Å². The molecule has 1 unspecified atom stereocenters. The third-order valence-electron chi connectivity index (χ3n) is 3.06. The van der Waals surface area contributed by atoms with Crippen LogP contribution in [-0.4, -0.2) is 27.4 Å². The minimum atomic E-state index is -3.82. The molecule has 1 heterocycles. The average Bonchev–Trinajstić information content (AvgIpc) is 2.38. The topological polar surface area (TPSA) is 113 Å². The van der Waals surface area contributed by atoms with Crippen LogP contribution in [0.15, 0.2) is 24.3 Å². The van der Waals surface area contributed by atoms with Crippen molar-refractivity contribution in [3.8, 4) is 0 Å². The lowest BCUT2D eigenvalue weighted by molar-refractivity contribution is -0.120. The Balaban J connectivity index is 2.02. The maximum Gasteiger partial charge on any atom is 0.296 e. The standard InChI is InChI=1S/C12H18N4O3S/c13-20(18,19)16-11-5-1-4-10(7-11)15-12(17)9-3-2-6-14-8-9/h1,4-5,7,9,14,16H,2-3,6,8H2,(H,15,17)(H2,13,18,19). The van der Waals surface area contributed by atoms with Crippen LogP contribution in [0.1, 0.15) is 12.8 Å². The number of carbonyl (C=O) groups is 1. The molecular weight excluding hydrogens is 280 g/mol. The molecule has 0 aromatic heterocycles. The van der Waals surface area contributed by atoms with Gasteiger partial charge in [-0.15, -0.1) is 0 Å². The lowest BCUT2D eigenvalue weighted by atomic mass is 9.99. The molecule has 1 aromatic carbocycles. The molecule has 1 aliphatic heterocycles. The van der Waals surface area contributed by atoms with Crippen LogP contribution in [0.25, 0.3) is 0 Å². The Morgan fingerprint density at radius 3 is 2.75 bits per heavy atom. The van der Waals surface area contributed by atoms with Crippen LogP contribution < -0.4 is 20.5 Å². The second-order valence-electron chi connectivity index (χ2n) is 4.76. The first-order chi connectivity index (χ1) is 9.44. The SMILES string of the molecule is NS(=O)(=O)Nc1cccc(NC(=O)C2CCCNC2)c1. The molecule has 1 atom stereocenters. The minimum Gasteiger partial charge on any atom is -0.326 e. The highest BCUT2D eigenvalue weighted by Gasteiger charge is 2.20. The van der Waals surface area contributed by atoms with Crippen molar-refractivity contribution in [2.75, 3.05) is 23.1 Å². The van der Waals surface area contributed by atoms with E-state index in [1.807, 2.05) is 0 Å². The second-order valence-corrected chi connectivity index (χ2v) is 6.05. The lowest BCUT2D eigenvalue weighted by Gasteiger charge is -2.22. The summed E-state index contributed by atoms with van der Waals surface area (Å²) in [5.74, 6) is -0.122. The van der Waals surface area contributed by atoms with Gasteiger partial charge in [0.25, 0.3) is 10.2 Å². The van der Waals surface area contributed by atoms with Crippen molar-refractivity contribution in [2.24, 2.45) is 11.1 Å². The summed E-state index contributed by atoms with van der Waals surface area (Å²) in [7, 11) is -3.82. The van der Waals surface area contributed by atoms with Gasteiger partial charge in [0, 0.05) is 12.2 Å². The summed E-state index contributed by atoms with van der Waals surface area (Å²) in [5, 5.41) is 10.9. The molecule has 5 N–H and O–H groups in total. The van der Waals surface area contributed by atoms with Gasteiger partial charge >= 0.3 is 0 Å². The van der Waals surface area contributed by atoms with Crippen LogP contribution in [-0.2, 0) is 15.0 Å². The molecule has 110 valence electrons. The van der Waals surface area contributed by atoms with E-state index in [-0.39, 0.29) is 11.8 Å². The number of nitrogens with two attached hydrogens (primary N) is 1. The highest BCUT2D eigenvalue weighted by molar-refractivity contribution is 7.90. The van der Waals surface area contributed by atoms with E-state index in [0.717, 1.165) is 19.4 Å². The summed E-state index contributed by atoms with van der Waals surface area (Å²) >= 11 is 0. The highest BCUT2D eigenvalue weighted by atomic mass is 32.2. The molecule has 1 saturated heterocycles. The summed E-state index contributed by atoms with van der Waals surface area (Å²) < 4.78 is 24.1. The van der Waals surface area contributed by atoms with Crippen molar-refractivity contribution < 1.29 is 13.2 Å². The molecular formula is C12H18N4O3S. The average molecular weight is 298 g/mol. The van der Waals surface area contributed by atoms with E-state index in [1.54, 1.807) is 18.2 Å². The van der Waals surface area contributed by atoms with Gasteiger partial charge in [0.2, 0.25) is 5.91 Å². The van der Waals surface area contributed by atoms with E-state index in [9.17, 15) is 13.2 Å². The maximum atomic E-state index is 12.0. The zero-order chi connectivity index (χ0) is 14.6. The zero-order valence-electron chi connectivity index (χ0n) is 10.9. The van der Waals surface area contributed by atoms with Crippen molar-refractivity contribution in [2.45, 2.75) is 12.8 Å². The maximum absolute atomic E-state index is 12.0. The molecule has 1 aromatic rings. The summed E-state index contributed by atoms with van der Waals surface area (Å²) in [6.45, 7) is 1.61. The number of piperidine rings is 1. The van der Waals surface area contributed by atoms with E-state index < -0.39 is 10.2 Å². The zero-order valence-corrected chi connectivity index (χ0v) is 11.7. The molecule has 1 fully saturated rings. The number of hydrogen-bond acceptors (Lipinski definition) is 4. The molecule has 8 heteroatoms. The monoisotopic (exact) mass is 298 g/mol. The van der Waals surface area contributed by atoms with Crippen molar-refractivity contribution in [3.05, 3.63) is 24.3 Å². The van der Waals surface area contributed by atoms with Gasteiger partial charge in [-0.1, -0.05) is 6.07 Å². The molecule has 2 rings (SSSR count). The molecule has 7 nitrogen and oxygen atoms in total. The summed E-state index contributed by atoms with van der Waals surface area (Å²) in [6.07, 6.45) is 1.83. The van der Waals surface area contributed by atoms with E-state index in [0.29, 0.717) is 17.9 Å². The number of anilines is 2. The Hall–Kier alpha value is -1.64. The summed E-state index contributed by atoms with van der Waals surface area (Å²) in [4.78, 5) is 12.0. The van der Waals surface area contributed by atoms with Crippen LogP contribution in [0.5, 0.6) is 0 Å². The number of amides is 1. The Labute approximate surface area is 118 Å². The number of nitrogens with one attached hydrogen (secondary N) is 3. The first kappa shape index (κ1) is 14.8. The fourth-order valence-corrected chi connectivity index (χ4v) is 2.60. The molecule has 20 heavy (non-hydrogen) atoms.